The highest BCUT2D eigenvalue weighted by Crippen LogP contribution is 2.27. The molecule has 0 saturated carbocycles. The molecule has 0 atom stereocenters. The van der Waals surface area contributed by atoms with E-state index in [1.54, 1.807) is 12.1 Å². The van der Waals surface area contributed by atoms with E-state index in [-0.39, 0.29) is 11.9 Å². The van der Waals surface area contributed by atoms with Crippen molar-refractivity contribution in [2.75, 3.05) is 29.6 Å². The fourth-order valence-corrected chi connectivity index (χ4v) is 3.34. The van der Waals surface area contributed by atoms with Crippen LogP contribution >= 0.6 is 0 Å². The lowest BCUT2D eigenvalue weighted by molar-refractivity contribution is -0.116. The Kier molecular flexibility index (Phi) is 9.40. The maximum absolute atomic E-state index is 12.5. The molecule has 0 spiro atoms. The summed E-state index contributed by atoms with van der Waals surface area (Å²) in [5, 5.41) is 9.59. The van der Waals surface area contributed by atoms with Crippen LogP contribution in [0.4, 0.5) is 17.3 Å². The van der Waals surface area contributed by atoms with Gasteiger partial charge in [-0.25, -0.2) is 14.8 Å². The maximum Gasteiger partial charge on any atom is 0.337 e. The number of hydrogen-bond acceptors (Lipinski definition) is 7. The van der Waals surface area contributed by atoms with Crippen molar-refractivity contribution in [1.29, 1.82) is 0 Å². The molecule has 34 heavy (non-hydrogen) atoms. The van der Waals surface area contributed by atoms with E-state index in [4.69, 9.17) is 4.74 Å². The molecule has 3 N–H and O–H groups in total. The second-order valence-corrected chi connectivity index (χ2v) is 7.80. The predicted octanol–water partition coefficient (Wildman–Crippen LogP) is 4.66. The molecule has 0 radical (unpaired) electrons. The maximum atomic E-state index is 12.5. The minimum Gasteiger partial charge on any atom is -0.465 e. The molecule has 0 bridgehead atoms. The number of nitrogens with zero attached hydrogens (tertiary/aromatic N) is 2. The van der Waals surface area contributed by atoms with Gasteiger partial charge in [0.25, 0.3) is 0 Å². The molecule has 3 aromatic rings. The van der Waals surface area contributed by atoms with E-state index in [1.165, 1.54) is 19.0 Å². The van der Waals surface area contributed by atoms with Gasteiger partial charge in [-0.3, -0.25) is 4.79 Å². The molecular formula is C26H31N5O3. The number of methoxy groups -OCH3 is 1. The van der Waals surface area contributed by atoms with Gasteiger partial charge in [0, 0.05) is 19.5 Å². The van der Waals surface area contributed by atoms with Crippen molar-refractivity contribution in [2.24, 2.45) is 0 Å². The Labute approximate surface area is 200 Å². The van der Waals surface area contributed by atoms with Crippen LogP contribution in [0.5, 0.6) is 0 Å². The average Bonchev–Trinajstić information content (AvgIpc) is 2.88. The number of benzene rings is 2. The van der Waals surface area contributed by atoms with Crippen LogP contribution in [0.25, 0.3) is 0 Å². The van der Waals surface area contributed by atoms with E-state index in [9.17, 15) is 9.59 Å². The number of ether oxygens (including phenoxy) is 1. The van der Waals surface area contributed by atoms with Gasteiger partial charge in [0.2, 0.25) is 5.91 Å². The van der Waals surface area contributed by atoms with Crippen molar-refractivity contribution in [1.82, 2.24) is 9.97 Å². The fourth-order valence-electron chi connectivity index (χ4n) is 3.34. The third-order valence-electron chi connectivity index (χ3n) is 5.25. The van der Waals surface area contributed by atoms with Gasteiger partial charge >= 0.3 is 5.97 Å². The minimum atomic E-state index is -0.376. The fraction of sp³-hybridized carbons (Fsp3) is 0.308. The number of esters is 1. The first kappa shape index (κ1) is 24.7. The highest BCUT2D eigenvalue weighted by atomic mass is 16.5. The van der Waals surface area contributed by atoms with Crippen molar-refractivity contribution in [2.45, 2.75) is 39.2 Å². The van der Waals surface area contributed by atoms with Gasteiger partial charge in [0.1, 0.15) is 12.0 Å². The summed E-state index contributed by atoms with van der Waals surface area (Å²) in [5.74, 6) is 0.644. The molecule has 0 aliphatic rings. The lowest BCUT2D eigenvalue weighted by Gasteiger charge is -2.16. The molecule has 1 amide bonds. The van der Waals surface area contributed by atoms with Crippen LogP contribution in [0.2, 0.25) is 0 Å². The molecule has 0 unspecified atom stereocenters. The van der Waals surface area contributed by atoms with Crippen LogP contribution in [-0.4, -0.2) is 35.5 Å². The molecule has 1 heterocycles. The van der Waals surface area contributed by atoms with Crippen LogP contribution in [0, 0.1) is 0 Å². The minimum absolute atomic E-state index is 0.0757. The summed E-state index contributed by atoms with van der Waals surface area (Å²) in [6.07, 6.45) is 4.47. The van der Waals surface area contributed by atoms with Crippen molar-refractivity contribution in [3.63, 3.8) is 0 Å². The van der Waals surface area contributed by atoms with Gasteiger partial charge in [-0.05, 0) is 36.1 Å². The average molecular weight is 462 g/mol. The Bertz CT molecular complexity index is 1070. The third-order valence-corrected chi connectivity index (χ3v) is 5.25. The molecule has 1 aromatic heterocycles. The van der Waals surface area contributed by atoms with Gasteiger partial charge in [0.15, 0.2) is 11.6 Å². The Balaban J connectivity index is 1.72. The van der Waals surface area contributed by atoms with Gasteiger partial charge in [-0.2, -0.15) is 0 Å². The van der Waals surface area contributed by atoms with Gasteiger partial charge < -0.3 is 20.7 Å². The number of amides is 1. The summed E-state index contributed by atoms with van der Waals surface area (Å²) in [6, 6.07) is 17.3. The summed E-state index contributed by atoms with van der Waals surface area (Å²) in [4.78, 5) is 32.9. The van der Waals surface area contributed by atoms with Crippen molar-refractivity contribution in [3.8, 4) is 0 Å². The first-order chi connectivity index (χ1) is 16.6. The molecule has 0 aliphatic carbocycles. The molecule has 2 aromatic carbocycles. The van der Waals surface area contributed by atoms with Crippen LogP contribution in [0.15, 0.2) is 60.9 Å². The third kappa shape index (κ3) is 7.30. The van der Waals surface area contributed by atoms with E-state index in [0.29, 0.717) is 42.4 Å². The number of rotatable bonds is 12. The number of hydrogen-bond donors (Lipinski definition) is 3. The zero-order valence-corrected chi connectivity index (χ0v) is 19.6. The van der Waals surface area contributed by atoms with E-state index >= 15 is 0 Å². The molecule has 0 fully saturated rings. The molecule has 0 aliphatic heterocycles. The monoisotopic (exact) mass is 461 g/mol. The summed E-state index contributed by atoms with van der Waals surface area (Å²) in [7, 11) is 1.36. The molecule has 3 rings (SSSR count). The molecule has 178 valence electrons. The second-order valence-electron chi connectivity index (χ2n) is 7.80. The Morgan fingerprint density at radius 2 is 1.62 bits per heavy atom. The predicted molar refractivity (Wildman–Crippen MR) is 134 cm³/mol. The first-order valence-corrected chi connectivity index (χ1v) is 11.4. The van der Waals surface area contributed by atoms with Crippen LogP contribution in [-0.2, 0) is 22.5 Å². The zero-order valence-electron chi connectivity index (χ0n) is 19.6. The molecular weight excluding hydrogens is 430 g/mol. The topological polar surface area (TPSA) is 105 Å². The Hall–Kier alpha value is -3.94. The number of anilines is 3. The van der Waals surface area contributed by atoms with E-state index in [0.717, 1.165) is 24.8 Å². The zero-order chi connectivity index (χ0) is 24.2. The quantitative estimate of drug-likeness (QED) is 0.337. The molecule has 8 nitrogen and oxygen atoms in total. The number of unbranched alkanes of at least 4 members (excludes halogenated alkanes) is 1. The molecule has 8 heteroatoms. The summed E-state index contributed by atoms with van der Waals surface area (Å²) in [6.45, 7) is 3.17. The summed E-state index contributed by atoms with van der Waals surface area (Å²) in [5.41, 5.74) is 3.18. The van der Waals surface area contributed by atoms with Gasteiger partial charge in [0.05, 0.1) is 12.7 Å². The van der Waals surface area contributed by atoms with Crippen LogP contribution < -0.4 is 16.0 Å². The van der Waals surface area contributed by atoms with Gasteiger partial charge in [-0.15, -0.1) is 0 Å². The van der Waals surface area contributed by atoms with Crippen molar-refractivity contribution in [3.05, 3.63) is 77.6 Å². The Morgan fingerprint density at radius 3 is 2.29 bits per heavy atom. The van der Waals surface area contributed by atoms with Crippen molar-refractivity contribution < 1.29 is 14.3 Å². The van der Waals surface area contributed by atoms with Crippen molar-refractivity contribution >= 4 is 29.2 Å². The van der Waals surface area contributed by atoms with E-state index in [2.05, 4.69) is 38.1 Å². The largest absolute Gasteiger partial charge is 0.465 e. The number of carbonyl (C=O) groups is 2. The number of nitrogens with one attached hydrogen (secondary N) is 3. The lowest BCUT2D eigenvalue weighted by atomic mass is 10.1. The SMILES string of the molecule is CCCCC(=O)Nc1c(NCCc2ccccc2)ncnc1NCc1ccc(C(=O)OC)cc1. The van der Waals surface area contributed by atoms with E-state index < -0.39 is 0 Å². The summed E-state index contributed by atoms with van der Waals surface area (Å²) < 4.78 is 4.74. The number of carbonyl (C=O) groups excluding carboxylic acids is 2. The van der Waals surface area contributed by atoms with Gasteiger partial charge in [-0.1, -0.05) is 55.8 Å². The number of aromatic nitrogens is 2. The van der Waals surface area contributed by atoms with E-state index in [1.807, 2.05) is 37.3 Å². The van der Waals surface area contributed by atoms with Crippen LogP contribution in [0.1, 0.15) is 47.7 Å². The normalized spacial score (nSPS) is 10.4. The van der Waals surface area contributed by atoms with Crippen LogP contribution in [0.3, 0.4) is 0 Å². The summed E-state index contributed by atoms with van der Waals surface area (Å²) >= 11 is 0. The highest BCUT2D eigenvalue weighted by molar-refractivity contribution is 5.97. The highest BCUT2D eigenvalue weighted by Gasteiger charge is 2.15. The lowest BCUT2D eigenvalue weighted by Crippen LogP contribution is -2.17. The smallest absolute Gasteiger partial charge is 0.337 e. The first-order valence-electron chi connectivity index (χ1n) is 11.4. The second kappa shape index (κ2) is 12.9. The standard InChI is InChI=1S/C26H31N5O3/c1-3-4-10-22(32)31-23-24(27-16-15-19-8-6-5-7-9-19)29-18-30-25(23)28-17-20-11-13-21(14-12-20)26(33)34-2/h5-9,11-14,18H,3-4,10,15-17H2,1-2H3,(H,31,32)(H2,27,28,29,30). The molecule has 0 saturated heterocycles. The Morgan fingerprint density at radius 1 is 0.912 bits per heavy atom.